The Morgan fingerprint density at radius 1 is 1.50 bits per heavy atom. The summed E-state index contributed by atoms with van der Waals surface area (Å²) in [5.74, 6) is 0.888. The lowest BCUT2D eigenvalue weighted by Crippen LogP contribution is -2.43. The number of nitrogens with zero attached hydrogens (tertiary/aromatic N) is 3. The minimum absolute atomic E-state index is 0.0366. The summed E-state index contributed by atoms with van der Waals surface area (Å²) in [4.78, 5) is 28.2. The van der Waals surface area contributed by atoms with Crippen molar-refractivity contribution in [1.82, 2.24) is 9.88 Å². The number of nitrogens with one attached hydrogen (secondary N) is 1. The van der Waals surface area contributed by atoms with E-state index in [0.717, 1.165) is 31.9 Å². The molecule has 8 heteroatoms. The molecule has 8 nitrogen and oxygen atoms in total. The van der Waals surface area contributed by atoms with Crippen LogP contribution in [-0.4, -0.2) is 46.4 Å². The lowest BCUT2D eigenvalue weighted by atomic mass is 9.92. The standard InChI is InChI=1S/C16H25N5O3/c1-10-4-11(2)8-20(7-10)9-12(3)19-16-14(15(17)22)5-13(6-18-16)21(23)24/h5-6,10-12H,4,7-9H2,1-3H3,(H2,17,22)(H,18,19). The number of hydrogen-bond donors (Lipinski definition) is 2. The van der Waals surface area contributed by atoms with Crippen LogP contribution in [0, 0.1) is 22.0 Å². The molecular weight excluding hydrogens is 310 g/mol. The Morgan fingerprint density at radius 2 is 2.12 bits per heavy atom. The number of piperidine rings is 1. The Bertz CT molecular complexity index is 612. The third kappa shape index (κ3) is 4.64. The van der Waals surface area contributed by atoms with Crippen LogP contribution in [0.3, 0.4) is 0 Å². The van der Waals surface area contributed by atoms with Gasteiger partial charge in [-0.3, -0.25) is 14.9 Å². The Labute approximate surface area is 141 Å². The Balaban J connectivity index is 2.06. The van der Waals surface area contributed by atoms with Gasteiger partial charge in [-0.15, -0.1) is 0 Å². The number of nitrogens with two attached hydrogens (primary N) is 1. The molecule has 1 aromatic rings. The topological polar surface area (TPSA) is 114 Å². The van der Waals surface area contributed by atoms with E-state index in [1.54, 1.807) is 0 Å². The molecule has 3 atom stereocenters. The third-order valence-corrected chi connectivity index (χ3v) is 4.21. The summed E-state index contributed by atoms with van der Waals surface area (Å²) in [6, 6.07) is 1.20. The summed E-state index contributed by atoms with van der Waals surface area (Å²) in [6.45, 7) is 9.41. The van der Waals surface area contributed by atoms with Crippen LogP contribution in [0.5, 0.6) is 0 Å². The maximum absolute atomic E-state index is 11.6. The second-order valence-corrected chi connectivity index (χ2v) is 6.92. The van der Waals surface area contributed by atoms with Crippen LogP contribution >= 0.6 is 0 Å². The van der Waals surface area contributed by atoms with Gasteiger partial charge in [-0.25, -0.2) is 4.98 Å². The van der Waals surface area contributed by atoms with Gasteiger partial charge in [0.15, 0.2) is 0 Å². The molecule has 0 aromatic carbocycles. The van der Waals surface area contributed by atoms with E-state index in [0.29, 0.717) is 17.7 Å². The molecule has 0 aliphatic carbocycles. The van der Waals surface area contributed by atoms with Crippen molar-refractivity contribution >= 4 is 17.4 Å². The fourth-order valence-electron chi connectivity index (χ4n) is 3.46. The molecular formula is C16H25N5O3. The number of pyridine rings is 1. The fraction of sp³-hybridized carbons (Fsp3) is 0.625. The zero-order valence-electron chi connectivity index (χ0n) is 14.4. The number of hydrogen-bond acceptors (Lipinski definition) is 6. The first-order chi connectivity index (χ1) is 11.3. The quantitative estimate of drug-likeness (QED) is 0.606. The van der Waals surface area contributed by atoms with Crippen molar-refractivity contribution in [1.29, 1.82) is 0 Å². The third-order valence-electron chi connectivity index (χ3n) is 4.21. The maximum atomic E-state index is 11.6. The van der Waals surface area contributed by atoms with Gasteiger partial charge in [0.05, 0.1) is 10.5 Å². The number of primary amides is 1. The largest absolute Gasteiger partial charge is 0.366 e. The minimum Gasteiger partial charge on any atom is -0.366 e. The van der Waals surface area contributed by atoms with Crippen molar-refractivity contribution in [2.24, 2.45) is 17.6 Å². The fourth-order valence-corrected chi connectivity index (χ4v) is 3.46. The molecule has 24 heavy (non-hydrogen) atoms. The summed E-state index contributed by atoms with van der Waals surface area (Å²) in [7, 11) is 0. The van der Waals surface area contributed by atoms with Gasteiger partial charge in [-0.1, -0.05) is 13.8 Å². The predicted octanol–water partition coefficient (Wildman–Crippen LogP) is 1.87. The van der Waals surface area contributed by atoms with Gasteiger partial charge >= 0.3 is 0 Å². The summed E-state index contributed by atoms with van der Waals surface area (Å²) < 4.78 is 0. The highest BCUT2D eigenvalue weighted by atomic mass is 16.6. The van der Waals surface area contributed by atoms with Crippen LogP contribution in [0.25, 0.3) is 0 Å². The lowest BCUT2D eigenvalue weighted by molar-refractivity contribution is -0.385. The summed E-state index contributed by atoms with van der Waals surface area (Å²) in [5, 5.41) is 14.0. The van der Waals surface area contributed by atoms with E-state index in [9.17, 15) is 14.9 Å². The number of likely N-dealkylation sites (tertiary alicyclic amines) is 1. The van der Waals surface area contributed by atoms with Gasteiger partial charge in [0.2, 0.25) is 0 Å². The molecule has 1 amide bonds. The maximum Gasteiger partial charge on any atom is 0.288 e. The van der Waals surface area contributed by atoms with Crippen LogP contribution < -0.4 is 11.1 Å². The van der Waals surface area contributed by atoms with Gasteiger partial charge in [0, 0.05) is 31.7 Å². The first-order valence-corrected chi connectivity index (χ1v) is 8.19. The van der Waals surface area contributed by atoms with Crippen molar-refractivity contribution in [3.8, 4) is 0 Å². The van der Waals surface area contributed by atoms with Crippen molar-refractivity contribution in [3.05, 3.63) is 27.9 Å². The number of carbonyl (C=O) groups excluding carboxylic acids is 1. The van der Waals surface area contributed by atoms with E-state index in [1.807, 2.05) is 6.92 Å². The summed E-state index contributed by atoms with van der Waals surface area (Å²) in [6.07, 6.45) is 2.38. The average molecular weight is 335 g/mol. The van der Waals surface area contributed by atoms with Gasteiger partial charge in [-0.2, -0.15) is 0 Å². The molecule has 2 heterocycles. The van der Waals surface area contributed by atoms with Crippen LogP contribution in [0.15, 0.2) is 12.3 Å². The van der Waals surface area contributed by atoms with Crippen molar-refractivity contribution in [2.75, 3.05) is 25.0 Å². The van der Waals surface area contributed by atoms with Gasteiger partial charge < -0.3 is 16.0 Å². The van der Waals surface area contributed by atoms with E-state index < -0.39 is 10.8 Å². The highest BCUT2D eigenvalue weighted by Gasteiger charge is 2.24. The molecule has 2 rings (SSSR count). The van der Waals surface area contributed by atoms with Crippen LogP contribution in [0.1, 0.15) is 37.6 Å². The molecule has 3 N–H and O–H groups in total. The smallest absolute Gasteiger partial charge is 0.288 e. The monoisotopic (exact) mass is 335 g/mol. The summed E-state index contributed by atoms with van der Waals surface area (Å²) >= 11 is 0. The van der Waals surface area contributed by atoms with Gasteiger partial charge in [0.1, 0.15) is 12.0 Å². The highest BCUT2D eigenvalue weighted by molar-refractivity contribution is 5.98. The van der Waals surface area contributed by atoms with Gasteiger partial charge in [-0.05, 0) is 25.2 Å². The normalized spacial score (nSPS) is 22.8. The number of carbonyl (C=O) groups is 1. The molecule has 0 saturated carbocycles. The molecule has 0 bridgehead atoms. The molecule has 1 aliphatic rings. The lowest BCUT2D eigenvalue weighted by Gasteiger charge is -2.36. The Morgan fingerprint density at radius 3 is 2.67 bits per heavy atom. The second-order valence-electron chi connectivity index (χ2n) is 6.92. The van der Waals surface area contributed by atoms with Crippen LogP contribution in [-0.2, 0) is 0 Å². The zero-order chi connectivity index (χ0) is 17.9. The SMILES string of the molecule is CC1CC(C)CN(CC(C)Nc2ncc([N+](=O)[O-])cc2C(N)=O)C1. The van der Waals surface area contributed by atoms with E-state index in [2.05, 4.69) is 29.0 Å². The first-order valence-electron chi connectivity index (χ1n) is 8.19. The highest BCUT2D eigenvalue weighted by Crippen LogP contribution is 2.22. The predicted molar refractivity (Wildman–Crippen MR) is 91.9 cm³/mol. The van der Waals surface area contributed by atoms with Gasteiger partial charge in [0.25, 0.3) is 11.6 Å². The number of anilines is 1. The van der Waals surface area contributed by atoms with Crippen LogP contribution in [0.2, 0.25) is 0 Å². The molecule has 1 aromatic heterocycles. The van der Waals surface area contributed by atoms with E-state index in [1.165, 1.54) is 6.42 Å². The average Bonchev–Trinajstić information content (AvgIpc) is 2.45. The molecule has 0 radical (unpaired) electrons. The van der Waals surface area contributed by atoms with E-state index in [-0.39, 0.29) is 17.3 Å². The van der Waals surface area contributed by atoms with Crippen LogP contribution in [0.4, 0.5) is 11.5 Å². The molecule has 1 fully saturated rings. The molecule has 1 aliphatic heterocycles. The van der Waals surface area contributed by atoms with Crippen molar-refractivity contribution in [2.45, 2.75) is 33.2 Å². The van der Waals surface area contributed by atoms with Crippen molar-refractivity contribution < 1.29 is 9.72 Å². The number of amides is 1. The summed E-state index contributed by atoms with van der Waals surface area (Å²) in [5.41, 5.74) is 5.12. The van der Waals surface area contributed by atoms with E-state index >= 15 is 0 Å². The van der Waals surface area contributed by atoms with Crippen molar-refractivity contribution in [3.63, 3.8) is 0 Å². The molecule has 132 valence electrons. The second kappa shape index (κ2) is 7.57. The number of rotatable bonds is 6. The molecule has 1 saturated heterocycles. The molecule has 3 unspecified atom stereocenters. The molecule has 0 spiro atoms. The number of aromatic nitrogens is 1. The Kier molecular flexibility index (Phi) is 5.71. The Hall–Kier alpha value is -2.22. The first kappa shape index (κ1) is 18.1. The number of nitro groups is 1. The zero-order valence-corrected chi connectivity index (χ0v) is 14.4. The van der Waals surface area contributed by atoms with E-state index in [4.69, 9.17) is 5.73 Å². The minimum atomic E-state index is -0.735.